The number of esters is 2. The van der Waals surface area contributed by atoms with Gasteiger partial charge >= 0.3 is 39.6 Å². The van der Waals surface area contributed by atoms with Gasteiger partial charge in [0.25, 0.3) is 0 Å². The van der Waals surface area contributed by atoms with E-state index in [1.807, 2.05) is 6.42 Å². The fourth-order valence-electron chi connectivity index (χ4n) is 2.62. The van der Waals surface area contributed by atoms with Gasteiger partial charge in [-0.2, -0.15) is 0 Å². The predicted octanol–water partition coefficient (Wildman–Crippen LogP) is -1.90. The summed E-state index contributed by atoms with van der Waals surface area (Å²) < 4.78 is 10.4. The van der Waals surface area contributed by atoms with E-state index in [0.717, 1.165) is 12.8 Å². The van der Waals surface area contributed by atoms with Crippen molar-refractivity contribution >= 4 is 11.9 Å². The molecule has 0 spiro atoms. The zero-order valence-corrected chi connectivity index (χ0v) is 16.3. The molecule has 0 N–H and O–H groups in total. The number of carbonyl (C=O) groups is 2. The summed E-state index contributed by atoms with van der Waals surface area (Å²) in [5.74, 6) is 0.129. The molecule has 92 valence electrons. The van der Waals surface area contributed by atoms with E-state index in [-0.39, 0.29) is 70.1 Å². The maximum absolute atomic E-state index is 10.8. The molecule has 0 heterocycles. The Labute approximate surface area is 128 Å². The van der Waals surface area contributed by atoms with E-state index in [9.17, 15) is 9.59 Å². The molecule has 0 aromatic carbocycles. The normalized spacial score (nSPS) is 33.3. The van der Waals surface area contributed by atoms with Crippen LogP contribution in [0.25, 0.3) is 0 Å². The topological polar surface area (TPSA) is 52.6 Å². The Balaban J connectivity index is 0.00000128. The van der Waals surface area contributed by atoms with E-state index < -0.39 is 0 Å². The van der Waals surface area contributed by atoms with Crippen LogP contribution in [0.5, 0.6) is 0 Å². The molecule has 2 aliphatic carbocycles. The van der Waals surface area contributed by atoms with Crippen molar-refractivity contribution in [1.82, 2.24) is 0 Å². The van der Waals surface area contributed by atoms with Crippen LogP contribution in [0.15, 0.2) is 0 Å². The monoisotopic (exact) mass is 448 g/mol. The molecule has 2 saturated carbocycles. The van der Waals surface area contributed by atoms with Gasteiger partial charge in [-0.1, -0.05) is 0 Å². The SMILES string of the molecule is CC(=O)O[C@H]1C[C@@H]2C[C@H]1[CH][C@H]2OC(C)=O.[Cl-].[Hg+]. The van der Waals surface area contributed by atoms with Gasteiger partial charge in [-0.05, 0) is 12.8 Å². The molecular weight excluding hydrogens is 432 g/mol. The molecule has 0 unspecified atom stereocenters. The number of rotatable bonds is 2. The Morgan fingerprint density at radius 1 is 1.12 bits per heavy atom. The molecule has 2 radical (unpaired) electrons. The van der Waals surface area contributed by atoms with Crippen LogP contribution < -0.4 is 12.4 Å². The van der Waals surface area contributed by atoms with E-state index in [4.69, 9.17) is 9.47 Å². The molecule has 17 heavy (non-hydrogen) atoms. The van der Waals surface area contributed by atoms with Gasteiger partial charge in [0.05, 0.1) is 0 Å². The zero-order valence-electron chi connectivity index (χ0n) is 10.0. The van der Waals surface area contributed by atoms with Crippen molar-refractivity contribution in [2.24, 2.45) is 11.8 Å². The molecule has 2 aliphatic rings. The number of hydrogen-bond acceptors (Lipinski definition) is 4. The minimum Gasteiger partial charge on any atom is -1.00 e. The molecule has 4 atom stereocenters. The minimum absolute atomic E-state index is 0. The predicted molar refractivity (Wildman–Crippen MR) is 51.6 cm³/mol. The number of hydrogen-bond donors (Lipinski definition) is 0. The van der Waals surface area contributed by atoms with Crippen molar-refractivity contribution in [2.45, 2.75) is 38.9 Å². The van der Waals surface area contributed by atoms with Crippen LogP contribution in [-0.4, -0.2) is 24.1 Å². The molecule has 0 aromatic heterocycles. The third-order valence-corrected chi connectivity index (χ3v) is 3.11. The van der Waals surface area contributed by atoms with E-state index in [1.54, 1.807) is 0 Å². The average Bonchev–Trinajstić information content (AvgIpc) is 2.60. The van der Waals surface area contributed by atoms with Crippen LogP contribution in [-0.2, 0) is 46.7 Å². The average molecular weight is 447 g/mol. The van der Waals surface area contributed by atoms with Crippen molar-refractivity contribution in [3.05, 3.63) is 6.42 Å². The summed E-state index contributed by atoms with van der Waals surface area (Å²) in [5, 5.41) is 0. The summed E-state index contributed by atoms with van der Waals surface area (Å²) in [6.45, 7) is 2.85. The van der Waals surface area contributed by atoms with Crippen molar-refractivity contribution in [3.63, 3.8) is 0 Å². The molecule has 0 saturated heterocycles. The number of carbonyl (C=O) groups excluding carboxylic acids is 2. The summed E-state index contributed by atoms with van der Waals surface area (Å²) in [6, 6.07) is 0. The second kappa shape index (κ2) is 6.93. The summed E-state index contributed by atoms with van der Waals surface area (Å²) in [6.07, 6.45) is 3.72. The van der Waals surface area contributed by atoms with Crippen LogP contribution in [0.4, 0.5) is 0 Å². The molecule has 4 nitrogen and oxygen atoms in total. The first-order valence-electron chi connectivity index (χ1n) is 5.25. The second-order valence-electron chi connectivity index (χ2n) is 4.31. The third-order valence-electron chi connectivity index (χ3n) is 3.11. The van der Waals surface area contributed by atoms with Crippen LogP contribution in [0, 0.1) is 18.3 Å². The Kier molecular flexibility index (Phi) is 7.00. The number of fused-ring (bicyclic) bond motifs is 2. The molecule has 2 fully saturated rings. The molecule has 0 aromatic rings. The molecule has 2 bridgehead atoms. The number of ether oxygens (including phenoxy) is 2. The van der Waals surface area contributed by atoms with Gasteiger partial charge in [0, 0.05) is 32.1 Å². The third kappa shape index (κ3) is 4.09. The van der Waals surface area contributed by atoms with Crippen LogP contribution in [0.3, 0.4) is 0 Å². The minimum atomic E-state index is -0.243. The van der Waals surface area contributed by atoms with Gasteiger partial charge in [-0.15, -0.1) is 0 Å². The Bertz CT molecular complexity index is 269. The van der Waals surface area contributed by atoms with Gasteiger partial charge in [-0.25, -0.2) is 0 Å². The van der Waals surface area contributed by atoms with Gasteiger partial charge < -0.3 is 21.9 Å². The second-order valence-corrected chi connectivity index (χ2v) is 4.31. The summed E-state index contributed by atoms with van der Waals surface area (Å²) in [4.78, 5) is 21.6. The standard InChI is InChI=1S/C11H15O4.ClH.Hg/c1-6(12)14-10-4-9-3-8(10)5-11(9)15-7(2)13;;/h4,8-11H,3,5H2,1-2H3;1H;/q;;+1/p-1/t8-,9-,10+,11-;;/m0../s1. The fourth-order valence-corrected chi connectivity index (χ4v) is 2.62. The van der Waals surface area contributed by atoms with Crippen molar-refractivity contribution in [3.8, 4) is 0 Å². The molecule has 0 aliphatic heterocycles. The maximum Gasteiger partial charge on any atom is 1.00 e. The Hall–Kier alpha value is 0.165. The molecule has 6 heteroatoms. The quantitative estimate of drug-likeness (QED) is 0.367. The summed E-state index contributed by atoms with van der Waals surface area (Å²) in [7, 11) is 0. The van der Waals surface area contributed by atoms with E-state index >= 15 is 0 Å². The van der Waals surface area contributed by atoms with Crippen LogP contribution >= 0.6 is 0 Å². The molecule has 2 rings (SSSR count). The van der Waals surface area contributed by atoms with Gasteiger partial charge in [-0.3, -0.25) is 9.59 Å². The Morgan fingerprint density at radius 2 is 1.71 bits per heavy atom. The first-order valence-corrected chi connectivity index (χ1v) is 5.25. The van der Waals surface area contributed by atoms with Crippen LogP contribution in [0.2, 0.25) is 0 Å². The van der Waals surface area contributed by atoms with Gasteiger partial charge in [0.1, 0.15) is 12.2 Å². The zero-order chi connectivity index (χ0) is 11.0. The van der Waals surface area contributed by atoms with Crippen molar-refractivity contribution < 1.29 is 59.1 Å². The smallest absolute Gasteiger partial charge is 1.00 e. The Morgan fingerprint density at radius 3 is 2.12 bits per heavy atom. The largest absolute Gasteiger partial charge is 1.00 e. The fraction of sp³-hybridized carbons (Fsp3) is 0.727. The maximum atomic E-state index is 10.8. The molecular formula is C11H15ClHgO4. The first kappa shape index (κ1) is 17.2. The van der Waals surface area contributed by atoms with Crippen molar-refractivity contribution in [2.75, 3.05) is 0 Å². The summed E-state index contributed by atoms with van der Waals surface area (Å²) in [5.41, 5.74) is 0. The molecule has 0 amide bonds. The number of halogens is 1. The van der Waals surface area contributed by atoms with E-state index in [0.29, 0.717) is 5.92 Å². The summed E-state index contributed by atoms with van der Waals surface area (Å²) >= 11 is 0. The van der Waals surface area contributed by atoms with E-state index in [2.05, 4.69) is 0 Å². The van der Waals surface area contributed by atoms with Gasteiger partial charge in [0.2, 0.25) is 0 Å². The van der Waals surface area contributed by atoms with Crippen LogP contribution in [0.1, 0.15) is 26.7 Å². The van der Waals surface area contributed by atoms with E-state index in [1.165, 1.54) is 13.8 Å². The van der Waals surface area contributed by atoms with Gasteiger partial charge in [0.15, 0.2) is 0 Å². The van der Waals surface area contributed by atoms with Crippen molar-refractivity contribution in [1.29, 1.82) is 0 Å². The first-order chi connectivity index (χ1) is 7.06.